The van der Waals surface area contributed by atoms with Crippen LogP contribution >= 0.6 is 0 Å². The maximum absolute atomic E-state index is 2.16. The van der Waals surface area contributed by atoms with E-state index in [9.17, 15) is 0 Å². The Bertz CT molecular complexity index is 376. The molecule has 0 saturated carbocycles. The van der Waals surface area contributed by atoms with E-state index < -0.39 is 0 Å². The van der Waals surface area contributed by atoms with Crippen LogP contribution in [0.25, 0.3) is 11.1 Å². The Morgan fingerprint density at radius 3 is 1.71 bits per heavy atom. The molecule has 0 aliphatic carbocycles. The molecule has 0 heterocycles. The molecule has 0 spiro atoms. The van der Waals surface area contributed by atoms with Crippen molar-refractivity contribution in [3.63, 3.8) is 0 Å². The van der Waals surface area contributed by atoms with Gasteiger partial charge < -0.3 is 0 Å². The zero-order valence-corrected chi connectivity index (χ0v) is 7.70. The van der Waals surface area contributed by atoms with E-state index in [2.05, 4.69) is 55.5 Å². The third-order valence-electron chi connectivity index (χ3n) is 2.16. The van der Waals surface area contributed by atoms with Gasteiger partial charge in [0.1, 0.15) is 0 Å². The second-order valence-electron chi connectivity index (χ2n) is 3.23. The molecule has 0 atom stereocenters. The third kappa shape index (κ3) is 3.04. The number of rotatable bonds is 1. The quantitative estimate of drug-likeness (QED) is 0.632. The first-order valence-corrected chi connectivity index (χ1v) is 4.48. The molecule has 66 valence electrons. The minimum absolute atomic E-state index is 0. The van der Waals surface area contributed by atoms with Gasteiger partial charge in [-0.15, -0.1) is 0 Å². The van der Waals surface area contributed by atoms with Crippen molar-refractivity contribution in [1.82, 2.24) is 0 Å². The molecule has 14 heavy (non-hydrogen) atoms. The molecule has 0 nitrogen and oxygen atoms in total. The van der Waals surface area contributed by atoms with Crippen molar-refractivity contribution in [2.24, 2.45) is 0 Å². The Balaban J connectivity index is 0.000000980. The van der Waals surface area contributed by atoms with Gasteiger partial charge in [-0.25, -0.2) is 0 Å². The average molecular weight is 208 g/mol. The number of aryl methyl sites for hydroxylation is 1. The molecule has 0 bridgehead atoms. The molecule has 2 aromatic rings. The predicted octanol–water partition coefficient (Wildman–Crippen LogP) is 3.01. The molecular formula is C13H13K. The monoisotopic (exact) mass is 208 g/mol. The van der Waals surface area contributed by atoms with Crippen LogP contribution in [0.3, 0.4) is 0 Å². The average Bonchev–Trinajstić information content (AvgIpc) is 2.20. The number of hydrogen-bond donors (Lipinski definition) is 0. The summed E-state index contributed by atoms with van der Waals surface area (Å²) in [5, 5.41) is 0. The van der Waals surface area contributed by atoms with Gasteiger partial charge in [0.15, 0.2) is 0 Å². The second-order valence-corrected chi connectivity index (χ2v) is 3.23. The summed E-state index contributed by atoms with van der Waals surface area (Å²) in [5.41, 5.74) is 3.87. The van der Waals surface area contributed by atoms with Gasteiger partial charge in [0.05, 0.1) is 0 Å². The standard InChI is InChI=1S/C13H12.K.H/c1-11-7-9-13(10-8-11)12-5-3-2-4-6-12;;/h2-10H,1H3;;. The second kappa shape index (κ2) is 5.84. The van der Waals surface area contributed by atoms with Crippen molar-refractivity contribution in [3.8, 4) is 11.1 Å². The van der Waals surface area contributed by atoms with Gasteiger partial charge in [0.2, 0.25) is 0 Å². The Morgan fingerprint density at radius 1 is 0.643 bits per heavy atom. The first-order valence-electron chi connectivity index (χ1n) is 4.48. The summed E-state index contributed by atoms with van der Waals surface area (Å²) in [7, 11) is 0. The first kappa shape index (κ1) is 12.1. The molecular weight excluding hydrogens is 195 g/mol. The van der Waals surface area contributed by atoms with Gasteiger partial charge >= 0.3 is 51.4 Å². The van der Waals surface area contributed by atoms with E-state index in [4.69, 9.17) is 0 Å². The van der Waals surface area contributed by atoms with Gasteiger partial charge in [-0.3, -0.25) is 0 Å². The van der Waals surface area contributed by atoms with E-state index >= 15 is 0 Å². The fraction of sp³-hybridized carbons (Fsp3) is 0.0769. The van der Waals surface area contributed by atoms with Crippen molar-refractivity contribution in [2.45, 2.75) is 6.92 Å². The van der Waals surface area contributed by atoms with Crippen LogP contribution in [0.15, 0.2) is 54.6 Å². The summed E-state index contributed by atoms with van der Waals surface area (Å²) in [4.78, 5) is 0. The predicted molar refractivity (Wildman–Crippen MR) is 63.8 cm³/mol. The molecule has 1 heteroatoms. The molecule has 0 amide bonds. The van der Waals surface area contributed by atoms with E-state index in [-0.39, 0.29) is 51.4 Å². The molecule has 0 fully saturated rings. The Kier molecular flexibility index (Phi) is 5.06. The van der Waals surface area contributed by atoms with Crippen molar-refractivity contribution in [3.05, 3.63) is 60.2 Å². The molecule has 0 saturated heterocycles. The van der Waals surface area contributed by atoms with Gasteiger partial charge in [0, 0.05) is 0 Å². The fourth-order valence-corrected chi connectivity index (χ4v) is 1.38. The Morgan fingerprint density at radius 2 is 1.14 bits per heavy atom. The molecule has 0 unspecified atom stereocenters. The number of hydrogen-bond acceptors (Lipinski definition) is 0. The van der Waals surface area contributed by atoms with E-state index in [1.807, 2.05) is 6.07 Å². The molecule has 0 radical (unpaired) electrons. The van der Waals surface area contributed by atoms with Crippen LogP contribution in [0.2, 0.25) is 0 Å². The SMILES string of the molecule is Cc1ccc(-c2ccccc2)cc1.[KH]. The molecule has 0 aliphatic rings. The van der Waals surface area contributed by atoms with Crippen LogP contribution in [-0.4, -0.2) is 51.4 Å². The Hall–Kier alpha value is 0.0764. The topological polar surface area (TPSA) is 0 Å². The molecule has 0 aromatic heterocycles. The van der Waals surface area contributed by atoms with Crippen molar-refractivity contribution < 1.29 is 0 Å². The van der Waals surface area contributed by atoms with Crippen LogP contribution in [0.5, 0.6) is 0 Å². The summed E-state index contributed by atoms with van der Waals surface area (Å²) in [6.45, 7) is 2.11. The minimum atomic E-state index is 0. The van der Waals surface area contributed by atoms with Crippen molar-refractivity contribution >= 4 is 51.4 Å². The Labute approximate surface area is 128 Å². The van der Waals surface area contributed by atoms with E-state index in [1.165, 1.54) is 16.7 Å². The van der Waals surface area contributed by atoms with Crippen LogP contribution in [0, 0.1) is 6.92 Å². The third-order valence-corrected chi connectivity index (χ3v) is 2.16. The van der Waals surface area contributed by atoms with Crippen molar-refractivity contribution in [1.29, 1.82) is 0 Å². The van der Waals surface area contributed by atoms with E-state index in [0.717, 1.165) is 0 Å². The zero-order chi connectivity index (χ0) is 9.10. The first-order chi connectivity index (χ1) is 6.36. The van der Waals surface area contributed by atoms with Crippen LogP contribution in [-0.2, 0) is 0 Å². The maximum atomic E-state index is 2.16. The molecule has 0 aliphatic heterocycles. The summed E-state index contributed by atoms with van der Waals surface area (Å²) >= 11 is 0. The molecule has 2 aromatic carbocycles. The zero-order valence-electron chi connectivity index (χ0n) is 7.70. The molecule has 2 rings (SSSR count). The fourth-order valence-electron chi connectivity index (χ4n) is 1.38. The van der Waals surface area contributed by atoms with Gasteiger partial charge in [-0.2, -0.15) is 0 Å². The van der Waals surface area contributed by atoms with Gasteiger partial charge in [-0.05, 0) is 18.1 Å². The van der Waals surface area contributed by atoms with Gasteiger partial charge in [-0.1, -0.05) is 60.2 Å². The summed E-state index contributed by atoms with van der Waals surface area (Å²) < 4.78 is 0. The molecule has 0 N–H and O–H groups in total. The van der Waals surface area contributed by atoms with Crippen LogP contribution in [0.1, 0.15) is 5.56 Å². The normalized spacial score (nSPS) is 9.21. The van der Waals surface area contributed by atoms with Gasteiger partial charge in [0.25, 0.3) is 0 Å². The van der Waals surface area contributed by atoms with E-state index in [0.29, 0.717) is 0 Å². The van der Waals surface area contributed by atoms with Crippen molar-refractivity contribution in [2.75, 3.05) is 0 Å². The summed E-state index contributed by atoms with van der Waals surface area (Å²) in [5.74, 6) is 0. The summed E-state index contributed by atoms with van der Waals surface area (Å²) in [6.07, 6.45) is 0. The van der Waals surface area contributed by atoms with Crippen LogP contribution in [0.4, 0.5) is 0 Å². The number of benzene rings is 2. The van der Waals surface area contributed by atoms with E-state index in [1.54, 1.807) is 0 Å². The van der Waals surface area contributed by atoms with Crippen LogP contribution < -0.4 is 0 Å². The summed E-state index contributed by atoms with van der Waals surface area (Å²) in [6, 6.07) is 19.0.